The molecule has 0 unspecified atom stereocenters. The maximum absolute atomic E-state index is 13.4. The van der Waals surface area contributed by atoms with Crippen LogP contribution in [0.4, 0.5) is 0 Å². The summed E-state index contributed by atoms with van der Waals surface area (Å²) < 4.78 is 16.7. The Bertz CT molecular complexity index is 913. The van der Waals surface area contributed by atoms with Gasteiger partial charge in [-0.2, -0.15) is 0 Å². The third-order valence-corrected chi connectivity index (χ3v) is 6.97. The van der Waals surface area contributed by atoms with E-state index in [0.717, 1.165) is 0 Å². The Balaban J connectivity index is 2.07. The van der Waals surface area contributed by atoms with Crippen molar-refractivity contribution in [3.63, 3.8) is 0 Å². The molecule has 2 aliphatic carbocycles. The molecule has 0 aromatic heterocycles. The highest BCUT2D eigenvalue weighted by Gasteiger charge is 2.74. The molecular formula is C23H28O8. The number of cyclic esters (lactones) is 1. The van der Waals surface area contributed by atoms with Crippen LogP contribution in [0.15, 0.2) is 35.5 Å². The van der Waals surface area contributed by atoms with Crippen LogP contribution in [0, 0.1) is 11.3 Å². The van der Waals surface area contributed by atoms with Crippen molar-refractivity contribution in [2.24, 2.45) is 11.3 Å². The van der Waals surface area contributed by atoms with Crippen LogP contribution >= 0.6 is 0 Å². The second-order valence-corrected chi connectivity index (χ2v) is 8.67. The monoisotopic (exact) mass is 432 g/mol. The summed E-state index contributed by atoms with van der Waals surface area (Å²) in [5.74, 6) is -2.83. The molecule has 1 saturated heterocycles. The van der Waals surface area contributed by atoms with Crippen LogP contribution in [-0.2, 0) is 33.4 Å². The van der Waals surface area contributed by atoms with Crippen molar-refractivity contribution in [1.82, 2.24) is 0 Å². The van der Waals surface area contributed by atoms with Crippen LogP contribution in [0.2, 0.25) is 0 Å². The lowest BCUT2D eigenvalue weighted by atomic mass is 9.62. The predicted molar refractivity (Wildman–Crippen MR) is 109 cm³/mol. The zero-order valence-corrected chi connectivity index (χ0v) is 18.2. The molecule has 1 heterocycles. The van der Waals surface area contributed by atoms with Crippen LogP contribution in [0.25, 0.3) is 0 Å². The van der Waals surface area contributed by atoms with Crippen molar-refractivity contribution < 1.29 is 38.5 Å². The smallest absolute Gasteiger partial charge is 0.333 e. The maximum Gasteiger partial charge on any atom is 0.333 e. The zero-order valence-electron chi connectivity index (χ0n) is 18.2. The highest BCUT2D eigenvalue weighted by Crippen LogP contribution is 2.65. The Labute approximate surface area is 180 Å². The van der Waals surface area contributed by atoms with Gasteiger partial charge in [-0.15, -0.1) is 0 Å². The van der Waals surface area contributed by atoms with Gasteiger partial charge in [-0.3, -0.25) is 9.59 Å². The molecule has 0 radical (unpaired) electrons. The molecule has 8 nitrogen and oxygen atoms in total. The topological polar surface area (TPSA) is 116 Å². The quantitative estimate of drug-likeness (QED) is 0.305. The highest BCUT2D eigenvalue weighted by atomic mass is 16.6. The number of esters is 3. The number of hydrogen-bond acceptors (Lipinski definition) is 7. The lowest BCUT2D eigenvalue weighted by Gasteiger charge is -2.54. The summed E-state index contributed by atoms with van der Waals surface area (Å²) in [6.07, 6.45) is 8.21. The first-order valence-electron chi connectivity index (χ1n) is 10.3. The zero-order chi connectivity index (χ0) is 23.0. The Morgan fingerprint density at radius 3 is 2.58 bits per heavy atom. The summed E-state index contributed by atoms with van der Waals surface area (Å²) >= 11 is 0. The summed E-state index contributed by atoms with van der Waals surface area (Å²) in [4.78, 5) is 48.8. The van der Waals surface area contributed by atoms with Crippen molar-refractivity contribution in [3.05, 3.63) is 35.5 Å². The van der Waals surface area contributed by atoms with Gasteiger partial charge < -0.3 is 19.3 Å². The van der Waals surface area contributed by atoms with Crippen LogP contribution in [0.1, 0.15) is 52.9 Å². The van der Waals surface area contributed by atoms with Gasteiger partial charge in [0.15, 0.2) is 0 Å². The first-order valence-corrected chi connectivity index (χ1v) is 10.3. The molecule has 2 bridgehead atoms. The van der Waals surface area contributed by atoms with Crippen molar-refractivity contribution in [1.29, 1.82) is 0 Å². The minimum Gasteiger partial charge on any atom is -0.478 e. The maximum atomic E-state index is 13.4. The molecule has 1 saturated carbocycles. The van der Waals surface area contributed by atoms with Gasteiger partial charge in [0.05, 0.1) is 7.11 Å². The fourth-order valence-corrected chi connectivity index (χ4v) is 5.45. The van der Waals surface area contributed by atoms with Gasteiger partial charge in [0.2, 0.25) is 0 Å². The molecule has 1 aliphatic heterocycles. The minimum atomic E-state index is -1.13. The Morgan fingerprint density at radius 2 is 1.97 bits per heavy atom. The number of methoxy groups -OCH3 is 1. The molecule has 8 heteroatoms. The van der Waals surface area contributed by atoms with Crippen LogP contribution < -0.4 is 0 Å². The van der Waals surface area contributed by atoms with Gasteiger partial charge in [0, 0.05) is 24.0 Å². The normalized spacial score (nSPS) is 35.0. The molecule has 3 aliphatic rings. The molecule has 3 rings (SSSR count). The molecule has 168 valence electrons. The second-order valence-electron chi connectivity index (χ2n) is 8.67. The van der Waals surface area contributed by atoms with E-state index >= 15 is 0 Å². The van der Waals surface area contributed by atoms with Gasteiger partial charge in [-0.25, -0.2) is 9.59 Å². The summed E-state index contributed by atoms with van der Waals surface area (Å²) in [5.41, 5.74) is -2.71. The largest absolute Gasteiger partial charge is 0.478 e. The number of aliphatic carboxylic acids is 1. The number of allylic oxidation sites excluding steroid dienone is 3. The van der Waals surface area contributed by atoms with Gasteiger partial charge in [-0.1, -0.05) is 18.2 Å². The SMILES string of the molecule is COC(=O)C1=CC[C@]23CC[C@H]([C@@](C)(C=CC=C(C)C(=O)O)OC2=O)[C@@]3(OC(C)=O)CC1. The Morgan fingerprint density at radius 1 is 1.26 bits per heavy atom. The van der Waals surface area contributed by atoms with Crippen molar-refractivity contribution in [2.45, 2.75) is 64.1 Å². The van der Waals surface area contributed by atoms with E-state index in [1.54, 1.807) is 25.2 Å². The lowest BCUT2D eigenvalue weighted by molar-refractivity contribution is -0.235. The van der Waals surface area contributed by atoms with E-state index in [9.17, 15) is 19.2 Å². The standard InChI is InChI=1S/C23H28O8/c1-14(18(25)26)6-5-10-21(3)17-9-12-22(20(28)31-21)11-7-16(19(27)29-4)8-13-23(17,22)30-15(2)24/h5-7,10,17H,8-9,11-13H2,1-4H3,(H,25,26)/t17-,21-,22+,23+/m1/s1. The number of carboxylic acids is 1. The first-order chi connectivity index (χ1) is 14.5. The predicted octanol–water partition coefficient (Wildman–Crippen LogP) is 2.87. The number of carboxylic acid groups (broad SMARTS) is 1. The first kappa shape index (κ1) is 22.8. The average Bonchev–Trinajstić information content (AvgIpc) is 2.84. The van der Waals surface area contributed by atoms with E-state index in [0.29, 0.717) is 31.3 Å². The molecule has 0 aromatic carbocycles. The summed E-state index contributed by atoms with van der Waals surface area (Å²) in [5, 5.41) is 9.06. The molecule has 0 amide bonds. The molecular weight excluding hydrogens is 404 g/mol. The van der Waals surface area contributed by atoms with Crippen molar-refractivity contribution >= 4 is 23.9 Å². The second kappa shape index (κ2) is 7.98. The molecule has 31 heavy (non-hydrogen) atoms. The van der Waals surface area contributed by atoms with E-state index in [2.05, 4.69) is 0 Å². The molecule has 2 fully saturated rings. The van der Waals surface area contributed by atoms with Crippen molar-refractivity contribution in [2.75, 3.05) is 7.11 Å². The third-order valence-electron chi connectivity index (χ3n) is 6.97. The van der Waals surface area contributed by atoms with Crippen LogP contribution in [-0.4, -0.2) is 47.3 Å². The summed E-state index contributed by atoms with van der Waals surface area (Å²) in [6, 6.07) is 0. The summed E-state index contributed by atoms with van der Waals surface area (Å²) in [6.45, 7) is 4.53. The van der Waals surface area contributed by atoms with Crippen LogP contribution in [0.5, 0.6) is 0 Å². The van der Waals surface area contributed by atoms with Crippen LogP contribution in [0.3, 0.4) is 0 Å². The number of rotatable bonds is 5. The van der Waals surface area contributed by atoms with Crippen molar-refractivity contribution in [3.8, 4) is 0 Å². The number of carbonyl (C=O) groups is 4. The summed E-state index contributed by atoms with van der Waals surface area (Å²) in [7, 11) is 1.30. The average molecular weight is 432 g/mol. The third kappa shape index (κ3) is 3.58. The van der Waals surface area contributed by atoms with E-state index in [4.69, 9.17) is 19.3 Å². The van der Waals surface area contributed by atoms with E-state index in [1.165, 1.54) is 27.0 Å². The molecule has 0 spiro atoms. The van der Waals surface area contributed by atoms with Gasteiger partial charge in [-0.05, 0) is 52.0 Å². The molecule has 1 N–H and O–H groups in total. The fourth-order valence-electron chi connectivity index (χ4n) is 5.45. The molecule has 4 atom stereocenters. The van der Waals surface area contributed by atoms with Gasteiger partial charge in [0.1, 0.15) is 16.6 Å². The van der Waals surface area contributed by atoms with E-state index in [-0.39, 0.29) is 17.9 Å². The number of hydrogen-bond donors (Lipinski definition) is 1. The van der Waals surface area contributed by atoms with E-state index in [1.807, 2.05) is 0 Å². The molecule has 0 aromatic rings. The minimum absolute atomic E-state index is 0.138. The Kier molecular flexibility index (Phi) is 5.86. The highest BCUT2D eigenvalue weighted by molar-refractivity contribution is 5.89. The van der Waals surface area contributed by atoms with Gasteiger partial charge in [0.25, 0.3) is 0 Å². The van der Waals surface area contributed by atoms with E-state index < -0.39 is 40.5 Å². The number of carbonyl (C=O) groups excluding carboxylic acids is 3. The Hall–Kier alpha value is -2.90. The number of ether oxygens (including phenoxy) is 3. The fraction of sp³-hybridized carbons (Fsp3) is 0.565. The lowest BCUT2D eigenvalue weighted by Crippen LogP contribution is -2.65. The van der Waals surface area contributed by atoms with Gasteiger partial charge >= 0.3 is 23.9 Å².